The van der Waals surface area contributed by atoms with Crippen molar-refractivity contribution in [3.8, 4) is 17.0 Å². The van der Waals surface area contributed by atoms with E-state index in [9.17, 15) is 4.79 Å². The lowest BCUT2D eigenvalue weighted by molar-refractivity contribution is 0.0992. The molecule has 29 heavy (non-hydrogen) atoms. The van der Waals surface area contributed by atoms with E-state index in [1.807, 2.05) is 19.1 Å². The van der Waals surface area contributed by atoms with E-state index < -0.39 is 0 Å². The number of nitrogens with two attached hydrogens (primary N) is 1. The first-order valence-corrected chi connectivity index (χ1v) is 8.98. The van der Waals surface area contributed by atoms with Gasteiger partial charge in [-0.2, -0.15) is 5.10 Å². The maximum atomic E-state index is 12.9. The van der Waals surface area contributed by atoms with E-state index in [1.54, 1.807) is 50.8 Å². The first kappa shape index (κ1) is 18.4. The number of anilines is 2. The molecule has 3 N–H and O–H groups in total. The molecule has 4 aromatic rings. The van der Waals surface area contributed by atoms with Gasteiger partial charge in [-0.3, -0.25) is 14.8 Å². The number of carbonyl (C=O) groups excluding carboxylic acids is 1. The molecule has 0 fully saturated rings. The number of nitrogens with zero attached hydrogens (tertiary/aromatic N) is 4. The molecule has 8 nitrogen and oxygen atoms in total. The van der Waals surface area contributed by atoms with Crippen LogP contribution in [-0.2, 0) is 0 Å². The number of hydrogen-bond acceptors (Lipinski definition) is 6. The summed E-state index contributed by atoms with van der Waals surface area (Å²) < 4.78 is 5.57. The number of nitrogens with one attached hydrogen (secondary N) is 1. The normalized spacial score (nSPS) is 10.9. The molecule has 4 rings (SSSR count). The van der Waals surface area contributed by atoms with E-state index in [4.69, 9.17) is 10.5 Å². The first-order chi connectivity index (χ1) is 14.0. The Labute approximate surface area is 167 Å². The minimum atomic E-state index is -0.194. The van der Waals surface area contributed by atoms with Gasteiger partial charge in [-0.1, -0.05) is 6.07 Å². The number of H-pyrrole nitrogens is 1. The van der Waals surface area contributed by atoms with Crippen LogP contribution in [-0.4, -0.2) is 40.2 Å². The van der Waals surface area contributed by atoms with Gasteiger partial charge < -0.3 is 10.5 Å². The van der Waals surface area contributed by atoms with E-state index in [-0.39, 0.29) is 5.91 Å². The maximum absolute atomic E-state index is 12.9. The van der Waals surface area contributed by atoms with Crippen LogP contribution in [0.4, 0.5) is 11.6 Å². The standard InChI is InChI=1S/C21H20N6O2/c1-12-11-24-20(22)17-18(12)25-26-19(17)14-8-7-13(10-15(14)29-3)21(28)27(2)16-6-4-5-9-23-16/h4-11H,1-3H3,(H2,22,24)(H,25,26). The topological polar surface area (TPSA) is 110 Å². The third-order valence-corrected chi connectivity index (χ3v) is 4.81. The van der Waals surface area contributed by atoms with Crippen LogP contribution in [0.3, 0.4) is 0 Å². The summed E-state index contributed by atoms with van der Waals surface area (Å²) in [5, 5.41) is 8.13. The number of carbonyl (C=O) groups is 1. The Kier molecular flexibility index (Phi) is 4.59. The minimum Gasteiger partial charge on any atom is -0.496 e. The molecule has 1 aromatic carbocycles. The van der Waals surface area contributed by atoms with Gasteiger partial charge in [0.1, 0.15) is 22.9 Å². The summed E-state index contributed by atoms with van der Waals surface area (Å²) in [6.45, 7) is 1.92. The molecule has 0 atom stereocenters. The van der Waals surface area contributed by atoms with Crippen molar-refractivity contribution in [1.82, 2.24) is 20.2 Å². The van der Waals surface area contributed by atoms with Crippen LogP contribution in [0, 0.1) is 6.92 Å². The Hall–Kier alpha value is -3.94. The zero-order valence-electron chi connectivity index (χ0n) is 16.3. The largest absolute Gasteiger partial charge is 0.496 e. The Morgan fingerprint density at radius 2 is 2.03 bits per heavy atom. The maximum Gasteiger partial charge on any atom is 0.259 e. The SMILES string of the molecule is COc1cc(C(=O)N(C)c2ccccn2)ccc1-c1[nH]nc2c(C)cnc(N)c12. The molecule has 0 aliphatic rings. The lowest BCUT2D eigenvalue weighted by atomic mass is 10.0. The van der Waals surface area contributed by atoms with Gasteiger partial charge in [0.2, 0.25) is 0 Å². The van der Waals surface area contributed by atoms with Crippen molar-refractivity contribution >= 4 is 28.4 Å². The molecule has 0 aliphatic heterocycles. The van der Waals surface area contributed by atoms with Crippen molar-refractivity contribution in [2.24, 2.45) is 0 Å². The molecule has 1 amide bonds. The fourth-order valence-electron chi connectivity index (χ4n) is 3.24. The molecule has 0 spiro atoms. The highest BCUT2D eigenvalue weighted by atomic mass is 16.5. The summed E-state index contributed by atoms with van der Waals surface area (Å²) in [6, 6.07) is 10.7. The van der Waals surface area contributed by atoms with Crippen LogP contribution >= 0.6 is 0 Å². The molecule has 0 unspecified atom stereocenters. The third kappa shape index (κ3) is 3.14. The summed E-state index contributed by atoms with van der Waals surface area (Å²) in [4.78, 5) is 22.8. The van der Waals surface area contributed by atoms with Gasteiger partial charge in [0.15, 0.2) is 0 Å². The molecule has 0 saturated carbocycles. The number of methoxy groups -OCH3 is 1. The molecule has 0 aliphatic carbocycles. The van der Waals surface area contributed by atoms with E-state index in [1.165, 1.54) is 4.90 Å². The van der Waals surface area contributed by atoms with Gasteiger partial charge in [0.05, 0.1) is 18.2 Å². The number of fused-ring (bicyclic) bond motifs is 1. The van der Waals surface area contributed by atoms with Crippen molar-refractivity contribution in [2.45, 2.75) is 6.92 Å². The fourth-order valence-corrected chi connectivity index (χ4v) is 3.24. The Morgan fingerprint density at radius 3 is 2.76 bits per heavy atom. The van der Waals surface area contributed by atoms with Gasteiger partial charge in [0, 0.05) is 30.6 Å². The number of hydrogen-bond donors (Lipinski definition) is 2. The monoisotopic (exact) mass is 388 g/mol. The second kappa shape index (κ2) is 7.23. The molecule has 3 aromatic heterocycles. The number of nitrogen functional groups attached to an aromatic ring is 1. The van der Waals surface area contributed by atoms with Crippen LogP contribution < -0.4 is 15.4 Å². The first-order valence-electron chi connectivity index (χ1n) is 8.98. The number of pyridine rings is 2. The van der Waals surface area contributed by atoms with Crippen molar-refractivity contribution in [3.05, 3.63) is 59.9 Å². The van der Waals surface area contributed by atoms with Crippen LogP contribution in [0.2, 0.25) is 0 Å². The molecule has 8 heteroatoms. The number of aromatic nitrogens is 4. The number of aromatic amines is 1. The van der Waals surface area contributed by atoms with E-state index in [0.29, 0.717) is 28.6 Å². The Balaban J connectivity index is 1.77. The van der Waals surface area contributed by atoms with Crippen molar-refractivity contribution in [3.63, 3.8) is 0 Å². The van der Waals surface area contributed by atoms with Crippen LogP contribution in [0.25, 0.3) is 22.2 Å². The average molecular weight is 388 g/mol. The number of aryl methyl sites for hydroxylation is 1. The summed E-state index contributed by atoms with van der Waals surface area (Å²) in [7, 11) is 3.24. The van der Waals surface area contributed by atoms with Crippen molar-refractivity contribution < 1.29 is 9.53 Å². The third-order valence-electron chi connectivity index (χ3n) is 4.81. The summed E-state index contributed by atoms with van der Waals surface area (Å²) in [5.41, 5.74) is 9.69. The van der Waals surface area contributed by atoms with Gasteiger partial charge in [0.25, 0.3) is 5.91 Å². The zero-order chi connectivity index (χ0) is 20.5. The Morgan fingerprint density at radius 1 is 1.21 bits per heavy atom. The van der Waals surface area contributed by atoms with E-state index in [0.717, 1.165) is 22.0 Å². The second-order valence-corrected chi connectivity index (χ2v) is 6.62. The lowest BCUT2D eigenvalue weighted by Gasteiger charge is -2.17. The van der Waals surface area contributed by atoms with Crippen molar-refractivity contribution in [1.29, 1.82) is 0 Å². The van der Waals surface area contributed by atoms with Gasteiger partial charge in [-0.15, -0.1) is 0 Å². The molecule has 0 bridgehead atoms. The smallest absolute Gasteiger partial charge is 0.259 e. The van der Waals surface area contributed by atoms with Gasteiger partial charge >= 0.3 is 0 Å². The number of benzene rings is 1. The number of ether oxygens (including phenoxy) is 1. The molecular weight excluding hydrogens is 368 g/mol. The molecular formula is C21H20N6O2. The summed E-state index contributed by atoms with van der Waals surface area (Å²) >= 11 is 0. The fraction of sp³-hybridized carbons (Fsp3) is 0.143. The summed E-state index contributed by atoms with van der Waals surface area (Å²) in [6.07, 6.45) is 3.33. The lowest BCUT2D eigenvalue weighted by Crippen LogP contribution is -2.27. The highest BCUT2D eigenvalue weighted by Gasteiger charge is 2.20. The van der Waals surface area contributed by atoms with Gasteiger partial charge in [-0.25, -0.2) is 9.97 Å². The average Bonchev–Trinajstić information content (AvgIpc) is 3.22. The number of amides is 1. The predicted octanol–water partition coefficient (Wildman–Crippen LogP) is 3.20. The Bertz CT molecular complexity index is 1200. The van der Waals surface area contributed by atoms with Crippen LogP contribution in [0.15, 0.2) is 48.8 Å². The van der Waals surface area contributed by atoms with Crippen LogP contribution in [0.5, 0.6) is 5.75 Å². The minimum absolute atomic E-state index is 0.194. The predicted molar refractivity (Wildman–Crippen MR) is 112 cm³/mol. The van der Waals surface area contributed by atoms with Crippen LogP contribution in [0.1, 0.15) is 15.9 Å². The number of rotatable bonds is 4. The van der Waals surface area contributed by atoms with E-state index in [2.05, 4.69) is 20.2 Å². The second-order valence-electron chi connectivity index (χ2n) is 6.62. The quantitative estimate of drug-likeness (QED) is 0.555. The van der Waals surface area contributed by atoms with Crippen molar-refractivity contribution in [2.75, 3.05) is 24.8 Å². The zero-order valence-corrected chi connectivity index (χ0v) is 16.3. The highest BCUT2D eigenvalue weighted by Crippen LogP contribution is 2.36. The molecule has 0 radical (unpaired) electrons. The van der Waals surface area contributed by atoms with E-state index >= 15 is 0 Å². The molecule has 3 heterocycles. The highest BCUT2D eigenvalue weighted by molar-refractivity contribution is 6.07. The van der Waals surface area contributed by atoms with Gasteiger partial charge in [-0.05, 0) is 42.8 Å². The summed E-state index contributed by atoms with van der Waals surface area (Å²) in [5.74, 6) is 1.28. The molecule has 146 valence electrons. The molecule has 0 saturated heterocycles.